The Bertz CT molecular complexity index is 715. The number of Topliss-reactive ketones (excluding diaryl/α,β-unsaturated/α-hetero) is 1. The first-order chi connectivity index (χ1) is 12.0. The molecule has 0 aromatic heterocycles. The zero-order valence-corrected chi connectivity index (χ0v) is 16.0. The van der Waals surface area contributed by atoms with Gasteiger partial charge in [0.25, 0.3) is 0 Å². The first-order valence-corrected chi connectivity index (χ1v) is 8.95. The van der Waals surface area contributed by atoms with E-state index in [9.17, 15) is 4.79 Å². The van der Waals surface area contributed by atoms with Gasteiger partial charge in [-0.25, -0.2) is 0 Å². The average Bonchev–Trinajstić information content (AvgIpc) is 2.66. The first kappa shape index (κ1) is 19.2. The van der Waals surface area contributed by atoms with E-state index in [2.05, 4.69) is 55.6 Å². The van der Waals surface area contributed by atoms with Gasteiger partial charge in [-0.15, -0.1) is 0 Å². The van der Waals surface area contributed by atoms with E-state index < -0.39 is 5.54 Å². The van der Waals surface area contributed by atoms with E-state index in [0.717, 1.165) is 18.6 Å². The van der Waals surface area contributed by atoms with E-state index in [1.165, 1.54) is 22.3 Å². The van der Waals surface area contributed by atoms with Gasteiger partial charge in [0, 0.05) is 0 Å². The second kappa shape index (κ2) is 8.30. The number of likely N-dealkylation sites (N-methyl/N-ethyl adjacent to an activating group) is 1. The van der Waals surface area contributed by atoms with Crippen LogP contribution in [0.5, 0.6) is 5.75 Å². The number of carbonyl (C=O) groups excluding carboxylic acids is 1. The van der Waals surface area contributed by atoms with Crippen molar-refractivity contribution in [3.63, 3.8) is 0 Å². The minimum atomic E-state index is -0.476. The van der Waals surface area contributed by atoms with Gasteiger partial charge in [0.1, 0.15) is 11.5 Å². The van der Waals surface area contributed by atoms with Crippen molar-refractivity contribution in [1.29, 1.82) is 0 Å². The third kappa shape index (κ3) is 4.10. The predicted molar refractivity (Wildman–Crippen MR) is 104 cm³/mol. The number of carbonyl (C=O) groups is 1. The summed E-state index contributed by atoms with van der Waals surface area (Å²) < 4.78 is 5.33. The van der Waals surface area contributed by atoms with Crippen LogP contribution in [0.3, 0.4) is 0 Å². The molecule has 2 aromatic rings. The maximum Gasteiger partial charge on any atom is 0.150 e. The zero-order chi connectivity index (χ0) is 18.4. The van der Waals surface area contributed by atoms with Crippen LogP contribution in [0.4, 0.5) is 0 Å². The lowest BCUT2D eigenvalue weighted by Gasteiger charge is -2.30. The van der Waals surface area contributed by atoms with Crippen molar-refractivity contribution < 1.29 is 9.53 Å². The topological polar surface area (TPSA) is 38.3 Å². The molecule has 1 unspecified atom stereocenters. The smallest absolute Gasteiger partial charge is 0.150 e. The first-order valence-electron chi connectivity index (χ1n) is 8.95. The molecule has 0 amide bonds. The predicted octanol–water partition coefficient (Wildman–Crippen LogP) is 4.42. The Balaban J connectivity index is 2.30. The number of hydrogen-bond donors (Lipinski definition) is 1. The highest BCUT2D eigenvalue weighted by Crippen LogP contribution is 2.29. The SMILES string of the molecule is CCc1cc(OC)ccc1-c1ccc(CC(CC)(NC)C(C)=O)cc1. The van der Waals surface area contributed by atoms with Gasteiger partial charge in [0.05, 0.1) is 12.6 Å². The summed E-state index contributed by atoms with van der Waals surface area (Å²) in [6.45, 7) is 5.87. The fraction of sp³-hybridized carbons (Fsp3) is 0.409. The lowest BCUT2D eigenvalue weighted by Crippen LogP contribution is -2.50. The summed E-state index contributed by atoms with van der Waals surface area (Å²) in [7, 11) is 3.56. The van der Waals surface area contributed by atoms with Crippen molar-refractivity contribution in [2.45, 2.75) is 45.6 Å². The number of rotatable bonds is 8. The molecule has 1 atom stereocenters. The van der Waals surface area contributed by atoms with Crippen molar-refractivity contribution in [1.82, 2.24) is 5.32 Å². The molecule has 134 valence electrons. The van der Waals surface area contributed by atoms with E-state index in [1.807, 2.05) is 13.1 Å². The molecule has 0 aliphatic rings. The number of benzene rings is 2. The van der Waals surface area contributed by atoms with E-state index in [4.69, 9.17) is 4.74 Å². The van der Waals surface area contributed by atoms with Crippen LogP contribution in [0, 0.1) is 0 Å². The molecule has 0 spiro atoms. The third-order valence-corrected chi connectivity index (χ3v) is 5.22. The van der Waals surface area contributed by atoms with Crippen LogP contribution in [-0.2, 0) is 17.6 Å². The maximum atomic E-state index is 12.1. The van der Waals surface area contributed by atoms with Gasteiger partial charge in [0.15, 0.2) is 0 Å². The van der Waals surface area contributed by atoms with E-state index >= 15 is 0 Å². The Labute approximate surface area is 151 Å². The standard InChI is InChI=1S/C22H29NO2/c1-6-18-14-20(25-5)12-13-21(18)19-10-8-17(9-11-19)15-22(7-2,23-4)16(3)24/h8-14,23H,6-7,15H2,1-5H3. The molecule has 2 aromatic carbocycles. The summed E-state index contributed by atoms with van der Waals surface area (Å²) in [6.07, 6.45) is 2.44. The summed E-state index contributed by atoms with van der Waals surface area (Å²) in [5, 5.41) is 3.23. The van der Waals surface area contributed by atoms with Crippen LogP contribution in [0.1, 0.15) is 38.3 Å². The molecule has 1 N–H and O–H groups in total. The van der Waals surface area contributed by atoms with Crippen LogP contribution in [0.15, 0.2) is 42.5 Å². The molecule has 0 fully saturated rings. The van der Waals surface area contributed by atoms with Crippen LogP contribution < -0.4 is 10.1 Å². The molecule has 2 rings (SSSR count). The molecule has 3 heteroatoms. The molecule has 0 saturated carbocycles. The van der Waals surface area contributed by atoms with E-state index in [1.54, 1.807) is 14.0 Å². The molecule has 0 aliphatic heterocycles. The second-order valence-electron chi connectivity index (χ2n) is 6.49. The number of hydrogen-bond acceptors (Lipinski definition) is 3. The monoisotopic (exact) mass is 339 g/mol. The molecule has 0 heterocycles. The largest absolute Gasteiger partial charge is 0.497 e. The van der Waals surface area contributed by atoms with Crippen LogP contribution in [-0.4, -0.2) is 25.5 Å². The van der Waals surface area contributed by atoms with Crippen molar-refractivity contribution in [2.75, 3.05) is 14.2 Å². The van der Waals surface area contributed by atoms with Crippen LogP contribution in [0.25, 0.3) is 11.1 Å². The summed E-state index contributed by atoms with van der Waals surface area (Å²) in [6, 6.07) is 14.8. The Hall–Kier alpha value is -2.13. The Morgan fingerprint density at radius 3 is 2.28 bits per heavy atom. The summed E-state index contributed by atoms with van der Waals surface area (Å²) in [5.74, 6) is 1.07. The van der Waals surface area contributed by atoms with Gasteiger partial charge in [-0.1, -0.05) is 44.2 Å². The fourth-order valence-corrected chi connectivity index (χ4v) is 3.36. The summed E-state index contributed by atoms with van der Waals surface area (Å²) in [4.78, 5) is 12.1. The minimum Gasteiger partial charge on any atom is -0.497 e. The molecular formula is C22H29NO2. The summed E-state index contributed by atoms with van der Waals surface area (Å²) >= 11 is 0. The molecule has 3 nitrogen and oxygen atoms in total. The number of aryl methyl sites for hydroxylation is 1. The van der Waals surface area contributed by atoms with Crippen LogP contribution >= 0.6 is 0 Å². The molecule has 0 radical (unpaired) electrons. The van der Waals surface area contributed by atoms with Crippen molar-refractivity contribution >= 4 is 5.78 Å². The van der Waals surface area contributed by atoms with E-state index in [0.29, 0.717) is 6.42 Å². The van der Waals surface area contributed by atoms with Crippen molar-refractivity contribution in [2.24, 2.45) is 0 Å². The third-order valence-electron chi connectivity index (χ3n) is 5.22. The molecule has 25 heavy (non-hydrogen) atoms. The minimum absolute atomic E-state index is 0.185. The molecule has 0 aliphatic carbocycles. The lowest BCUT2D eigenvalue weighted by molar-refractivity contribution is -0.123. The number of methoxy groups -OCH3 is 1. The molecule has 0 bridgehead atoms. The van der Waals surface area contributed by atoms with Crippen LogP contribution in [0.2, 0.25) is 0 Å². The van der Waals surface area contributed by atoms with Gasteiger partial charge in [-0.3, -0.25) is 4.79 Å². The normalized spacial score (nSPS) is 13.3. The Morgan fingerprint density at radius 1 is 1.12 bits per heavy atom. The Morgan fingerprint density at radius 2 is 1.80 bits per heavy atom. The number of ketones is 1. The second-order valence-corrected chi connectivity index (χ2v) is 6.49. The van der Waals surface area contributed by atoms with Crippen molar-refractivity contribution in [3.05, 3.63) is 53.6 Å². The number of nitrogens with one attached hydrogen (secondary N) is 1. The average molecular weight is 339 g/mol. The van der Waals surface area contributed by atoms with Gasteiger partial charge in [-0.05, 0) is 67.6 Å². The lowest BCUT2D eigenvalue weighted by atomic mass is 9.84. The molecule has 0 saturated heterocycles. The highest BCUT2D eigenvalue weighted by Gasteiger charge is 2.31. The van der Waals surface area contributed by atoms with Crippen molar-refractivity contribution in [3.8, 4) is 16.9 Å². The van der Waals surface area contributed by atoms with Gasteiger partial charge in [0.2, 0.25) is 0 Å². The van der Waals surface area contributed by atoms with Gasteiger partial charge < -0.3 is 10.1 Å². The zero-order valence-electron chi connectivity index (χ0n) is 16.0. The summed E-state index contributed by atoms with van der Waals surface area (Å²) in [5.41, 5.74) is 4.39. The van der Waals surface area contributed by atoms with Gasteiger partial charge >= 0.3 is 0 Å². The highest BCUT2D eigenvalue weighted by molar-refractivity contribution is 5.86. The maximum absolute atomic E-state index is 12.1. The van der Waals surface area contributed by atoms with Gasteiger partial charge in [-0.2, -0.15) is 0 Å². The Kier molecular flexibility index (Phi) is 6.38. The highest BCUT2D eigenvalue weighted by atomic mass is 16.5. The number of ether oxygens (including phenoxy) is 1. The fourth-order valence-electron chi connectivity index (χ4n) is 3.36. The molecular weight excluding hydrogens is 310 g/mol. The van der Waals surface area contributed by atoms with E-state index in [-0.39, 0.29) is 5.78 Å². The quantitative estimate of drug-likeness (QED) is 0.773.